The summed E-state index contributed by atoms with van der Waals surface area (Å²) < 4.78 is 27.0. The summed E-state index contributed by atoms with van der Waals surface area (Å²) in [6, 6.07) is 0. The van der Waals surface area contributed by atoms with Crippen LogP contribution in [0.2, 0.25) is 0 Å². The first-order valence-electron chi connectivity index (χ1n) is 7.75. The molecule has 2 saturated carbocycles. The lowest BCUT2D eigenvalue weighted by atomic mass is 9.92. The summed E-state index contributed by atoms with van der Waals surface area (Å²) in [5.74, 6) is 0.656. The van der Waals surface area contributed by atoms with Gasteiger partial charge in [0.2, 0.25) is 10.0 Å². The van der Waals surface area contributed by atoms with Crippen LogP contribution in [0.15, 0.2) is 0 Å². The number of hydrogen-bond donors (Lipinski definition) is 2. The molecule has 2 rings (SSSR count). The molecule has 0 bridgehead atoms. The fourth-order valence-corrected chi connectivity index (χ4v) is 4.99. The third-order valence-corrected chi connectivity index (χ3v) is 6.17. The molecule has 0 amide bonds. The van der Waals surface area contributed by atoms with Crippen molar-refractivity contribution < 1.29 is 8.42 Å². The van der Waals surface area contributed by atoms with E-state index in [1.807, 2.05) is 0 Å². The normalized spacial score (nSPS) is 25.3. The van der Waals surface area contributed by atoms with Crippen molar-refractivity contribution in [2.75, 3.05) is 12.3 Å². The molecular weight excluding hydrogens is 260 g/mol. The Bertz CT molecular complexity index is 367. The lowest BCUT2D eigenvalue weighted by molar-refractivity contribution is 0.368. The van der Waals surface area contributed by atoms with E-state index < -0.39 is 10.0 Å². The molecule has 112 valence electrons. The van der Waals surface area contributed by atoms with Gasteiger partial charge >= 0.3 is 0 Å². The topological polar surface area (TPSA) is 72.2 Å². The van der Waals surface area contributed by atoms with Gasteiger partial charge in [0.05, 0.1) is 5.75 Å². The highest BCUT2D eigenvalue weighted by Crippen LogP contribution is 2.27. The first-order chi connectivity index (χ1) is 8.99. The Morgan fingerprint density at radius 1 is 1.00 bits per heavy atom. The SMILES string of the molecule is NC1(CNS(=O)(=O)CC2CCCC2)CCCCCC1. The minimum Gasteiger partial charge on any atom is -0.324 e. The second-order valence-electron chi connectivity index (χ2n) is 6.53. The van der Waals surface area contributed by atoms with Gasteiger partial charge in [0.1, 0.15) is 0 Å². The van der Waals surface area contributed by atoms with Crippen LogP contribution >= 0.6 is 0 Å². The number of rotatable bonds is 5. The van der Waals surface area contributed by atoms with Crippen LogP contribution in [0.5, 0.6) is 0 Å². The summed E-state index contributed by atoms with van der Waals surface area (Å²) in [4.78, 5) is 0. The van der Waals surface area contributed by atoms with E-state index in [-0.39, 0.29) is 5.54 Å². The van der Waals surface area contributed by atoms with Gasteiger partial charge in [-0.2, -0.15) is 0 Å². The van der Waals surface area contributed by atoms with E-state index in [0.29, 0.717) is 18.2 Å². The van der Waals surface area contributed by atoms with Crippen LogP contribution in [0.3, 0.4) is 0 Å². The molecule has 0 heterocycles. The van der Waals surface area contributed by atoms with E-state index in [9.17, 15) is 8.42 Å². The van der Waals surface area contributed by atoms with E-state index in [4.69, 9.17) is 5.73 Å². The Hall–Kier alpha value is -0.130. The highest BCUT2D eigenvalue weighted by Gasteiger charge is 2.29. The first-order valence-corrected chi connectivity index (χ1v) is 9.41. The van der Waals surface area contributed by atoms with Gasteiger partial charge in [0, 0.05) is 12.1 Å². The maximum Gasteiger partial charge on any atom is 0.211 e. The van der Waals surface area contributed by atoms with Gasteiger partial charge in [-0.1, -0.05) is 38.5 Å². The highest BCUT2D eigenvalue weighted by molar-refractivity contribution is 7.89. The van der Waals surface area contributed by atoms with Crippen molar-refractivity contribution in [1.82, 2.24) is 4.72 Å². The van der Waals surface area contributed by atoms with Crippen molar-refractivity contribution in [3.63, 3.8) is 0 Å². The lowest BCUT2D eigenvalue weighted by Crippen LogP contribution is -2.50. The molecule has 5 heteroatoms. The molecule has 19 heavy (non-hydrogen) atoms. The molecule has 4 nitrogen and oxygen atoms in total. The molecular formula is C14H28N2O2S. The summed E-state index contributed by atoms with van der Waals surface area (Å²) in [6.07, 6.45) is 11.1. The largest absolute Gasteiger partial charge is 0.324 e. The molecule has 0 unspecified atom stereocenters. The van der Waals surface area contributed by atoms with E-state index >= 15 is 0 Å². The summed E-state index contributed by atoms with van der Waals surface area (Å²) in [5.41, 5.74) is 6.03. The van der Waals surface area contributed by atoms with E-state index in [1.165, 1.54) is 25.7 Å². The second-order valence-corrected chi connectivity index (χ2v) is 8.38. The van der Waals surface area contributed by atoms with Crippen LogP contribution in [0.4, 0.5) is 0 Å². The molecule has 0 radical (unpaired) electrons. The minimum atomic E-state index is -3.14. The third kappa shape index (κ3) is 5.04. The van der Waals surface area contributed by atoms with Crippen LogP contribution < -0.4 is 10.5 Å². The van der Waals surface area contributed by atoms with Crippen LogP contribution in [0.25, 0.3) is 0 Å². The van der Waals surface area contributed by atoms with Crippen LogP contribution in [-0.2, 0) is 10.0 Å². The third-order valence-electron chi connectivity index (χ3n) is 4.67. The van der Waals surface area contributed by atoms with Gasteiger partial charge in [-0.3, -0.25) is 0 Å². The zero-order valence-electron chi connectivity index (χ0n) is 11.9. The van der Waals surface area contributed by atoms with Gasteiger partial charge in [-0.15, -0.1) is 0 Å². The Kier molecular flexibility index (Phi) is 5.26. The van der Waals surface area contributed by atoms with Gasteiger partial charge in [0.15, 0.2) is 0 Å². The fourth-order valence-electron chi connectivity index (χ4n) is 3.41. The van der Waals surface area contributed by atoms with Crippen molar-refractivity contribution in [1.29, 1.82) is 0 Å². The van der Waals surface area contributed by atoms with Crippen LogP contribution in [-0.4, -0.2) is 26.3 Å². The fraction of sp³-hybridized carbons (Fsp3) is 1.00. The zero-order chi connectivity index (χ0) is 13.8. The van der Waals surface area contributed by atoms with Gasteiger partial charge in [-0.05, 0) is 31.6 Å². The number of hydrogen-bond acceptors (Lipinski definition) is 3. The van der Waals surface area contributed by atoms with Gasteiger partial charge in [-0.25, -0.2) is 13.1 Å². The molecule has 2 aliphatic rings. The van der Waals surface area contributed by atoms with Crippen molar-refractivity contribution in [3.8, 4) is 0 Å². The molecule has 0 aromatic carbocycles. The standard InChI is InChI=1S/C14H28N2O2S/c15-14(9-5-1-2-6-10-14)12-16-19(17,18)11-13-7-3-4-8-13/h13,16H,1-12,15H2. The molecule has 3 N–H and O–H groups in total. The molecule has 0 aromatic heterocycles. The average molecular weight is 288 g/mol. The summed E-state index contributed by atoms with van der Waals surface area (Å²) >= 11 is 0. The number of nitrogens with one attached hydrogen (secondary N) is 1. The van der Waals surface area contributed by atoms with E-state index in [1.54, 1.807) is 0 Å². The van der Waals surface area contributed by atoms with Crippen molar-refractivity contribution in [2.24, 2.45) is 11.7 Å². The summed E-state index contributed by atoms with van der Waals surface area (Å²) in [7, 11) is -3.14. The zero-order valence-corrected chi connectivity index (χ0v) is 12.7. The molecule has 0 aliphatic heterocycles. The van der Waals surface area contributed by atoms with E-state index in [2.05, 4.69) is 4.72 Å². The Labute approximate surface area is 117 Å². The van der Waals surface area contributed by atoms with Crippen molar-refractivity contribution in [2.45, 2.75) is 69.7 Å². The number of nitrogens with two attached hydrogens (primary N) is 1. The minimum absolute atomic E-state index is 0.295. The predicted octanol–water partition coefficient (Wildman–Crippen LogP) is 2.15. The average Bonchev–Trinajstić information content (AvgIpc) is 2.74. The maximum absolute atomic E-state index is 12.1. The summed E-state index contributed by atoms with van der Waals surface area (Å²) in [5, 5.41) is 0. The molecule has 0 atom stereocenters. The molecule has 2 fully saturated rings. The van der Waals surface area contributed by atoms with Crippen molar-refractivity contribution >= 4 is 10.0 Å². The molecule has 0 saturated heterocycles. The quantitative estimate of drug-likeness (QED) is 0.761. The Balaban J connectivity index is 1.82. The summed E-state index contributed by atoms with van der Waals surface area (Å²) in [6.45, 7) is 0.419. The predicted molar refractivity (Wildman–Crippen MR) is 78.4 cm³/mol. The van der Waals surface area contributed by atoms with E-state index in [0.717, 1.165) is 38.5 Å². The monoisotopic (exact) mass is 288 g/mol. The smallest absolute Gasteiger partial charge is 0.211 e. The lowest BCUT2D eigenvalue weighted by Gasteiger charge is -2.28. The number of sulfonamides is 1. The Morgan fingerprint density at radius 3 is 2.16 bits per heavy atom. The van der Waals surface area contributed by atoms with Crippen LogP contribution in [0, 0.1) is 5.92 Å². The second kappa shape index (κ2) is 6.55. The van der Waals surface area contributed by atoms with Crippen molar-refractivity contribution in [3.05, 3.63) is 0 Å². The maximum atomic E-state index is 12.1. The van der Waals surface area contributed by atoms with Crippen LogP contribution in [0.1, 0.15) is 64.2 Å². The highest BCUT2D eigenvalue weighted by atomic mass is 32.2. The molecule has 0 spiro atoms. The molecule has 0 aromatic rings. The van der Waals surface area contributed by atoms with Gasteiger partial charge in [0.25, 0.3) is 0 Å². The Morgan fingerprint density at radius 2 is 1.58 bits per heavy atom. The van der Waals surface area contributed by atoms with Gasteiger partial charge < -0.3 is 5.73 Å². The first kappa shape index (κ1) is 15.3. The molecule has 2 aliphatic carbocycles.